The van der Waals surface area contributed by atoms with Crippen LogP contribution in [0.3, 0.4) is 0 Å². The van der Waals surface area contributed by atoms with E-state index in [4.69, 9.17) is 9.47 Å². The fourth-order valence-electron chi connectivity index (χ4n) is 2.69. The molecule has 0 amide bonds. The van der Waals surface area contributed by atoms with Crippen molar-refractivity contribution >= 4 is 28.1 Å². The molecule has 1 aromatic heterocycles. The number of benzene rings is 2. The quantitative estimate of drug-likeness (QED) is 0.529. The summed E-state index contributed by atoms with van der Waals surface area (Å²) in [5.41, 5.74) is 2.39. The van der Waals surface area contributed by atoms with E-state index in [1.165, 1.54) is 11.3 Å². The van der Waals surface area contributed by atoms with Gasteiger partial charge in [0, 0.05) is 16.1 Å². The average Bonchev–Trinajstić information content (AvgIpc) is 3.06. The van der Waals surface area contributed by atoms with Crippen molar-refractivity contribution in [3.05, 3.63) is 53.4 Å². The number of carboxylic acid groups (broad SMARTS) is 1. The predicted molar refractivity (Wildman–Crippen MR) is 111 cm³/mol. The zero-order valence-corrected chi connectivity index (χ0v) is 16.6. The first-order valence-electron chi connectivity index (χ1n) is 9.03. The Balaban J connectivity index is 1.85. The zero-order chi connectivity index (χ0) is 19.9. The summed E-state index contributed by atoms with van der Waals surface area (Å²) in [5, 5.41) is 13.1. The minimum Gasteiger partial charge on any atom is -0.494 e. The Morgan fingerprint density at radius 1 is 1.00 bits per heavy atom. The van der Waals surface area contributed by atoms with Crippen molar-refractivity contribution in [1.82, 2.24) is 4.98 Å². The van der Waals surface area contributed by atoms with Crippen molar-refractivity contribution in [2.24, 2.45) is 0 Å². The minimum absolute atomic E-state index is 0.0782. The van der Waals surface area contributed by atoms with Crippen LogP contribution in [0.2, 0.25) is 0 Å². The summed E-state index contributed by atoms with van der Waals surface area (Å²) >= 11 is 1.34. The van der Waals surface area contributed by atoms with Crippen LogP contribution in [0.1, 0.15) is 18.7 Å². The number of ether oxygens (including phenoxy) is 2. The molecular weight excluding hydrogens is 376 g/mol. The number of aromatic nitrogens is 1. The largest absolute Gasteiger partial charge is 0.494 e. The van der Waals surface area contributed by atoms with E-state index in [0.717, 1.165) is 22.7 Å². The second-order valence-corrected chi connectivity index (χ2v) is 6.98. The monoisotopic (exact) mass is 398 g/mol. The molecule has 2 N–H and O–H groups in total. The van der Waals surface area contributed by atoms with Crippen LogP contribution in [0.4, 0.5) is 10.8 Å². The average molecular weight is 398 g/mol. The van der Waals surface area contributed by atoms with E-state index in [9.17, 15) is 9.90 Å². The molecule has 6 nitrogen and oxygen atoms in total. The molecule has 0 aliphatic heterocycles. The fourth-order valence-corrected chi connectivity index (χ4v) is 3.68. The van der Waals surface area contributed by atoms with Gasteiger partial charge in [0.05, 0.1) is 25.3 Å². The Hall–Kier alpha value is -3.06. The van der Waals surface area contributed by atoms with Gasteiger partial charge in [-0.1, -0.05) is 0 Å². The number of carboxylic acids is 1. The zero-order valence-electron chi connectivity index (χ0n) is 15.8. The van der Waals surface area contributed by atoms with Gasteiger partial charge < -0.3 is 19.9 Å². The first-order chi connectivity index (χ1) is 13.6. The summed E-state index contributed by atoms with van der Waals surface area (Å²) in [6.07, 6.45) is -0.0782. The predicted octanol–water partition coefficient (Wildman–Crippen LogP) is 4.98. The number of anilines is 2. The molecule has 3 aromatic rings. The number of nitrogens with one attached hydrogen (secondary N) is 1. The Morgan fingerprint density at radius 3 is 2.11 bits per heavy atom. The van der Waals surface area contributed by atoms with Crippen molar-refractivity contribution in [3.8, 4) is 22.8 Å². The van der Waals surface area contributed by atoms with Crippen LogP contribution in [0, 0.1) is 0 Å². The van der Waals surface area contributed by atoms with Crippen molar-refractivity contribution < 1.29 is 19.4 Å². The molecule has 28 heavy (non-hydrogen) atoms. The van der Waals surface area contributed by atoms with E-state index in [1.54, 1.807) is 0 Å². The highest BCUT2D eigenvalue weighted by molar-refractivity contribution is 7.16. The lowest BCUT2D eigenvalue weighted by Crippen LogP contribution is -1.99. The lowest BCUT2D eigenvalue weighted by molar-refractivity contribution is -0.136. The maximum Gasteiger partial charge on any atom is 0.308 e. The Morgan fingerprint density at radius 2 is 1.57 bits per heavy atom. The van der Waals surface area contributed by atoms with Gasteiger partial charge in [-0.2, -0.15) is 0 Å². The van der Waals surface area contributed by atoms with Crippen LogP contribution in [-0.4, -0.2) is 29.3 Å². The Kier molecular flexibility index (Phi) is 6.49. The molecule has 0 radical (unpaired) electrons. The highest BCUT2D eigenvalue weighted by Crippen LogP contribution is 2.34. The van der Waals surface area contributed by atoms with Crippen molar-refractivity contribution in [2.45, 2.75) is 20.3 Å². The number of hydrogen-bond acceptors (Lipinski definition) is 6. The molecule has 0 unspecified atom stereocenters. The van der Waals surface area contributed by atoms with Gasteiger partial charge in [-0.3, -0.25) is 4.79 Å². The lowest BCUT2D eigenvalue weighted by Gasteiger charge is -2.05. The van der Waals surface area contributed by atoms with Crippen LogP contribution in [0.25, 0.3) is 11.3 Å². The summed E-state index contributed by atoms with van der Waals surface area (Å²) < 4.78 is 10.9. The van der Waals surface area contributed by atoms with Gasteiger partial charge in [0.25, 0.3) is 0 Å². The van der Waals surface area contributed by atoms with E-state index < -0.39 is 5.97 Å². The number of nitrogens with zero attached hydrogens (tertiary/aromatic N) is 1. The maximum atomic E-state index is 11.3. The normalized spacial score (nSPS) is 10.5. The lowest BCUT2D eigenvalue weighted by atomic mass is 10.1. The van der Waals surface area contributed by atoms with E-state index in [-0.39, 0.29) is 6.42 Å². The first-order valence-corrected chi connectivity index (χ1v) is 9.85. The molecule has 7 heteroatoms. The number of thiazole rings is 1. The standard InChI is InChI=1S/C21H22N2O4S/c1-3-26-16-9-5-14(6-10-16)20-18(13-19(24)25)28-21(23-20)22-15-7-11-17(12-8-15)27-4-2/h5-12H,3-4,13H2,1-2H3,(H,22,23)(H,24,25). The van der Waals surface area contributed by atoms with Crippen LogP contribution in [0.5, 0.6) is 11.5 Å². The second kappa shape index (κ2) is 9.23. The molecule has 0 aliphatic carbocycles. The second-order valence-electron chi connectivity index (χ2n) is 5.90. The Bertz CT molecular complexity index is 921. The molecule has 146 valence electrons. The van der Waals surface area contributed by atoms with E-state index in [0.29, 0.717) is 28.9 Å². The van der Waals surface area contributed by atoms with Gasteiger partial charge in [-0.15, -0.1) is 11.3 Å². The molecule has 2 aromatic carbocycles. The third kappa shape index (κ3) is 5.01. The molecule has 3 rings (SSSR count). The van der Waals surface area contributed by atoms with Crippen LogP contribution < -0.4 is 14.8 Å². The number of carbonyl (C=O) groups is 1. The third-order valence-electron chi connectivity index (χ3n) is 3.86. The first kappa shape index (κ1) is 19.7. The molecule has 0 fully saturated rings. The van der Waals surface area contributed by atoms with Gasteiger partial charge in [0.2, 0.25) is 0 Å². The van der Waals surface area contributed by atoms with Gasteiger partial charge >= 0.3 is 5.97 Å². The van der Waals surface area contributed by atoms with Crippen molar-refractivity contribution in [2.75, 3.05) is 18.5 Å². The van der Waals surface area contributed by atoms with Crippen molar-refractivity contribution in [1.29, 1.82) is 0 Å². The SMILES string of the molecule is CCOc1ccc(Nc2nc(-c3ccc(OCC)cc3)c(CC(=O)O)s2)cc1. The highest BCUT2D eigenvalue weighted by Gasteiger charge is 2.16. The van der Waals surface area contributed by atoms with E-state index in [1.807, 2.05) is 62.4 Å². The van der Waals surface area contributed by atoms with Gasteiger partial charge in [0.1, 0.15) is 11.5 Å². The summed E-state index contributed by atoms with van der Waals surface area (Å²) in [6.45, 7) is 5.08. The summed E-state index contributed by atoms with van der Waals surface area (Å²) in [5.74, 6) is 0.686. The summed E-state index contributed by atoms with van der Waals surface area (Å²) in [6, 6.07) is 15.1. The number of hydrogen-bond donors (Lipinski definition) is 2. The van der Waals surface area contributed by atoms with E-state index in [2.05, 4.69) is 10.3 Å². The molecule has 0 saturated carbocycles. The van der Waals surface area contributed by atoms with Gasteiger partial charge in [-0.25, -0.2) is 4.98 Å². The molecule has 0 aliphatic rings. The molecule has 0 spiro atoms. The molecular formula is C21H22N2O4S. The molecule has 0 atom stereocenters. The summed E-state index contributed by atoms with van der Waals surface area (Å²) in [4.78, 5) is 16.6. The highest BCUT2D eigenvalue weighted by atomic mass is 32.1. The number of rotatable bonds is 9. The van der Waals surface area contributed by atoms with E-state index >= 15 is 0 Å². The van der Waals surface area contributed by atoms with Gasteiger partial charge in [0.15, 0.2) is 5.13 Å². The molecule has 0 bridgehead atoms. The third-order valence-corrected chi connectivity index (χ3v) is 4.84. The minimum atomic E-state index is -0.886. The van der Waals surface area contributed by atoms with Crippen LogP contribution in [0.15, 0.2) is 48.5 Å². The van der Waals surface area contributed by atoms with Crippen molar-refractivity contribution in [3.63, 3.8) is 0 Å². The molecule has 1 heterocycles. The smallest absolute Gasteiger partial charge is 0.308 e. The Labute approximate surface area is 167 Å². The summed E-state index contributed by atoms with van der Waals surface area (Å²) in [7, 11) is 0. The van der Waals surface area contributed by atoms with Crippen LogP contribution >= 0.6 is 11.3 Å². The number of aliphatic carboxylic acids is 1. The maximum absolute atomic E-state index is 11.3. The van der Waals surface area contributed by atoms with Gasteiger partial charge in [-0.05, 0) is 62.4 Å². The topological polar surface area (TPSA) is 80.7 Å². The van der Waals surface area contributed by atoms with Crippen LogP contribution in [-0.2, 0) is 11.2 Å². The molecule has 0 saturated heterocycles. The fraction of sp³-hybridized carbons (Fsp3) is 0.238.